The van der Waals surface area contributed by atoms with Gasteiger partial charge in [0.05, 0.1) is 25.2 Å². The summed E-state index contributed by atoms with van der Waals surface area (Å²) in [7, 11) is 0. The van der Waals surface area contributed by atoms with E-state index in [2.05, 4.69) is 20.8 Å². The second-order valence-electron chi connectivity index (χ2n) is 6.87. The lowest BCUT2D eigenvalue weighted by Gasteiger charge is -2.16. The zero-order chi connectivity index (χ0) is 21.1. The van der Waals surface area contributed by atoms with Crippen molar-refractivity contribution in [2.45, 2.75) is 19.5 Å². The minimum Gasteiger partial charge on any atom is -0.314 e. The van der Waals surface area contributed by atoms with Gasteiger partial charge >= 0.3 is 6.03 Å². The molecule has 4 rings (SSSR count). The Bertz CT molecular complexity index is 1110. The van der Waals surface area contributed by atoms with E-state index >= 15 is 0 Å². The van der Waals surface area contributed by atoms with E-state index in [4.69, 9.17) is 0 Å². The van der Waals surface area contributed by atoms with Crippen molar-refractivity contribution >= 4 is 23.7 Å². The molecule has 1 aromatic heterocycles. The van der Waals surface area contributed by atoms with Crippen LogP contribution in [-0.4, -0.2) is 32.9 Å². The molecule has 3 N–H and O–H groups in total. The number of rotatable bonds is 4. The Morgan fingerprint density at radius 2 is 1.87 bits per heavy atom. The molecule has 0 aliphatic carbocycles. The second-order valence-corrected chi connectivity index (χ2v) is 6.87. The van der Waals surface area contributed by atoms with Crippen LogP contribution < -0.4 is 10.6 Å². The van der Waals surface area contributed by atoms with Crippen molar-refractivity contribution in [2.24, 2.45) is 0 Å². The van der Waals surface area contributed by atoms with Crippen molar-refractivity contribution in [3.05, 3.63) is 82.8 Å². The van der Waals surface area contributed by atoms with Gasteiger partial charge in [0.2, 0.25) is 5.91 Å². The number of H-pyrrole nitrogens is 1. The second kappa shape index (κ2) is 8.16. The maximum Gasteiger partial charge on any atom is 0.324 e. The smallest absolute Gasteiger partial charge is 0.314 e. The topological polar surface area (TPSA) is 107 Å². The first kappa shape index (κ1) is 19.3. The number of urea groups is 1. The van der Waals surface area contributed by atoms with Crippen LogP contribution in [0.1, 0.15) is 27.2 Å². The third-order valence-electron chi connectivity index (χ3n) is 4.71. The molecule has 0 fully saturated rings. The molecule has 8 nitrogen and oxygen atoms in total. The molecule has 9 heteroatoms. The highest BCUT2D eigenvalue weighted by Crippen LogP contribution is 2.27. The highest BCUT2D eigenvalue weighted by atomic mass is 19.1. The molecule has 3 aromatic rings. The summed E-state index contributed by atoms with van der Waals surface area (Å²) in [5.74, 6) is -0.932. The van der Waals surface area contributed by atoms with Crippen LogP contribution in [0, 0.1) is 5.82 Å². The normalized spacial score (nSPS) is 12.4. The van der Waals surface area contributed by atoms with Gasteiger partial charge in [-0.1, -0.05) is 30.3 Å². The third-order valence-corrected chi connectivity index (χ3v) is 4.71. The zero-order valence-electron chi connectivity index (χ0n) is 15.8. The van der Waals surface area contributed by atoms with Crippen LogP contribution in [0.5, 0.6) is 0 Å². The van der Waals surface area contributed by atoms with Gasteiger partial charge in [0, 0.05) is 11.1 Å². The molecular weight excluding hydrogens is 389 g/mol. The molecule has 0 saturated carbocycles. The van der Waals surface area contributed by atoms with E-state index < -0.39 is 17.8 Å². The molecule has 30 heavy (non-hydrogen) atoms. The van der Waals surface area contributed by atoms with Crippen LogP contribution in [0.3, 0.4) is 0 Å². The Hall–Kier alpha value is -4.01. The average Bonchev–Trinajstić information content (AvgIpc) is 3.31. The lowest BCUT2D eigenvalue weighted by Crippen LogP contribution is -2.40. The highest BCUT2D eigenvalue weighted by molar-refractivity contribution is 6.04. The van der Waals surface area contributed by atoms with Crippen molar-refractivity contribution < 1.29 is 18.8 Å². The van der Waals surface area contributed by atoms with Gasteiger partial charge in [-0.2, -0.15) is 5.10 Å². The monoisotopic (exact) mass is 407 g/mol. The van der Waals surface area contributed by atoms with Gasteiger partial charge in [0.1, 0.15) is 5.82 Å². The molecule has 152 valence electrons. The number of hydrogen-bond acceptors (Lipinski definition) is 4. The van der Waals surface area contributed by atoms with Gasteiger partial charge in [0.25, 0.3) is 5.91 Å². The van der Waals surface area contributed by atoms with E-state index in [1.165, 1.54) is 23.1 Å². The Labute approximate surface area is 171 Å². The number of halogens is 1. The standard InChI is InChI=1S/C21H18FN5O3/c22-15-8-4-5-13(9-15)10-18(28)23-19-16-11-27(12-17(16)25-26-19)21(30)24-20(29)14-6-2-1-3-7-14/h1-9H,10-12H2,(H,24,29,30)(H2,23,25,26,28). The number of amides is 4. The van der Waals surface area contributed by atoms with Crippen molar-refractivity contribution in [2.75, 3.05) is 5.32 Å². The average molecular weight is 407 g/mol. The van der Waals surface area contributed by atoms with Crippen LogP contribution in [0.15, 0.2) is 54.6 Å². The molecule has 0 unspecified atom stereocenters. The van der Waals surface area contributed by atoms with Crippen molar-refractivity contribution in [1.29, 1.82) is 0 Å². The van der Waals surface area contributed by atoms with E-state index in [-0.39, 0.29) is 25.4 Å². The molecule has 1 aliphatic heterocycles. The number of carbonyl (C=O) groups is 3. The van der Waals surface area contributed by atoms with Crippen LogP contribution >= 0.6 is 0 Å². The summed E-state index contributed by atoms with van der Waals surface area (Å²) in [6.45, 7) is 0.422. The highest BCUT2D eigenvalue weighted by Gasteiger charge is 2.29. The fourth-order valence-electron chi connectivity index (χ4n) is 3.23. The Morgan fingerprint density at radius 3 is 2.63 bits per heavy atom. The van der Waals surface area contributed by atoms with Crippen molar-refractivity contribution in [3.8, 4) is 0 Å². The molecule has 2 heterocycles. The number of aromatic amines is 1. The quantitative estimate of drug-likeness (QED) is 0.618. The first-order valence-electron chi connectivity index (χ1n) is 9.25. The lowest BCUT2D eigenvalue weighted by atomic mass is 10.1. The molecule has 1 aliphatic rings. The maximum atomic E-state index is 13.3. The van der Waals surface area contributed by atoms with Gasteiger partial charge in [-0.3, -0.25) is 20.0 Å². The van der Waals surface area contributed by atoms with Gasteiger partial charge in [0.15, 0.2) is 5.82 Å². The summed E-state index contributed by atoms with van der Waals surface area (Å²) in [6.07, 6.45) is -0.00479. The lowest BCUT2D eigenvalue weighted by molar-refractivity contribution is -0.115. The summed E-state index contributed by atoms with van der Waals surface area (Å²) in [6, 6.07) is 13.7. The van der Waals surface area contributed by atoms with E-state index in [1.54, 1.807) is 36.4 Å². The van der Waals surface area contributed by atoms with E-state index in [0.29, 0.717) is 28.2 Å². The summed E-state index contributed by atoms with van der Waals surface area (Å²) >= 11 is 0. The van der Waals surface area contributed by atoms with Gasteiger partial charge < -0.3 is 10.2 Å². The predicted octanol–water partition coefficient (Wildman–Crippen LogP) is 2.60. The number of imide groups is 1. The zero-order valence-corrected chi connectivity index (χ0v) is 15.8. The minimum absolute atomic E-state index is 0.00479. The number of fused-ring (bicyclic) bond motifs is 1. The summed E-state index contributed by atoms with van der Waals surface area (Å²) in [5, 5.41) is 11.9. The fraction of sp³-hybridized carbons (Fsp3) is 0.143. The first-order chi connectivity index (χ1) is 14.5. The molecular formula is C21H18FN5O3. The minimum atomic E-state index is -0.537. The maximum absolute atomic E-state index is 13.3. The number of carbonyl (C=O) groups excluding carboxylic acids is 3. The molecule has 0 spiro atoms. The first-order valence-corrected chi connectivity index (χ1v) is 9.25. The summed E-state index contributed by atoms with van der Waals surface area (Å²) in [5.41, 5.74) is 2.28. The third kappa shape index (κ3) is 4.19. The van der Waals surface area contributed by atoms with Gasteiger partial charge in [-0.15, -0.1) is 0 Å². The van der Waals surface area contributed by atoms with Crippen molar-refractivity contribution in [3.63, 3.8) is 0 Å². The Balaban J connectivity index is 1.37. The van der Waals surface area contributed by atoms with E-state index in [9.17, 15) is 18.8 Å². The van der Waals surface area contributed by atoms with Crippen LogP contribution in [0.2, 0.25) is 0 Å². The van der Waals surface area contributed by atoms with Crippen LogP contribution in [-0.2, 0) is 24.3 Å². The summed E-state index contributed by atoms with van der Waals surface area (Å²) in [4.78, 5) is 38.3. The number of nitrogens with one attached hydrogen (secondary N) is 3. The van der Waals surface area contributed by atoms with Gasteiger partial charge in [-0.25, -0.2) is 9.18 Å². The van der Waals surface area contributed by atoms with E-state index in [1.807, 2.05) is 0 Å². The molecule has 2 aromatic carbocycles. The summed E-state index contributed by atoms with van der Waals surface area (Å²) < 4.78 is 13.3. The number of aromatic nitrogens is 2. The molecule has 0 atom stereocenters. The van der Waals surface area contributed by atoms with Crippen LogP contribution in [0.4, 0.5) is 15.0 Å². The van der Waals surface area contributed by atoms with Crippen LogP contribution in [0.25, 0.3) is 0 Å². The number of anilines is 1. The van der Waals surface area contributed by atoms with E-state index in [0.717, 1.165) is 0 Å². The molecule has 0 radical (unpaired) electrons. The van der Waals surface area contributed by atoms with Gasteiger partial charge in [-0.05, 0) is 29.8 Å². The predicted molar refractivity (Wildman–Crippen MR) is 106 cm³/mol. The number of benzene rings is 2. The van der Waals surface area contributed by atoms with Crippen molar-refractivity contribution in [1.82, 2.24) is 20.4 Å². The fourth-order valence-corrected chi connectivity index (χ4v) is 3.23. The molecule has 0 bridgehead atoms. The Morgan fingerprint density at radius 1 is 1.07 bits per heavy atom. The number of nitrogens with zero attached hydrogens (tertiary/aromatic N) is 2. The molecule has 4 amide bonds. The largest absolute Gasteiger partial charge is 0.324 e. The SMILES string of the molecule is O=C(Cc1cccc(F)c1)Nc1n[nH]c2c1CN(C(=O)NC(=O)c1ccccc1)C2. The number of hydrogen-bond donors (Lipinski definition) is 3. The Kier molecular flexibility index (Phi) is 5.25. The molecule has 0 saturated heterocycles.